The predicted molar refractivity (Wildman–Crippen MR) is 126 cm³/mol. The molecule has 156 valence electrons. The fraction of sp³-hybridized carbons (Fsp3) is 0.444. The van der Waals surface area contributed by atoms with E-state index >= 15 is 0 Å². The van der Waals surface area contributed by atoms with Crippen LogP contribution < -0.4 is 10.6 Å². The van der Waals surface area contributed by atoms with Gasteiger partial charge < -0.3 is 10.6 Å². The number of hydrogen-bond acceptors (Lipinski definition) is 1. The molecule has 4 aliphatic carbocycles. The molecule has 3 heteroatoms. The van der Waals surface area contributed by atoms with Crippen LogP contribution in [0, 0.1) is 16.7 Å². The molecule has 0 amide bonds. The van der Waals surface area contributed by atoms with E-state index in [1.54, 1.807) is 0 Å². The lowest BCUT2D eigenvalue weighted by atomic mass is 9.42. The van der Waals surface area contributed by atoms with Crippen LogP contribution in [0.5, 0.6) is 0 Å². The second-order valence-corrected chi connectivity index (χ2v) is 10.7. The third-order valence-corrected chi connectivity index (χ3v) is 7.59. The molecule has 4 bridgehead atoms. The first-order valence-electron chi connectivity index (χ1n) is 11.3. The van der Waals surface area contributed by atoms with Crippen molar-refractivity contribution in [3.63, 3.8) is 0 Å². The summed E-state index contributed by atoms with van der Waals surface area (Å²) in [5.74, 6) is 1.41. The van der Waals surface area contributed by atoms with E-state index in [4.69, 9.17) is 10.7 Å². The van der Waals surface area contributed by atoms with Gasteiger partial charge in [0.2, 0.25) is 5.96 Å². The summed E-state index contributed by atoms with van der Waals surface area (Å²) in [7, 11) is 0. The molecule has 4 saturated carbocycles. The van der Waals surface area contributed by atoms with E-state index in [2.05, 4.69) is 61.2 Å². The average molecular weight is 400 g/mol. The summed E-state index contributed by atoms with van der Waals surface area (Å²) in [6.07, 6.45) is 11.6. The lowest BCUT2D eigenvalue weighted by Crippen LogP contribution is -2.67. The number of anilines is 1. The Labute approximate surface area is 180 Å². The molecule has 0 heterocycles. The summed E-state index contributed by atoms with van der Waals surface area (Å²) in [5, 5.41) is 0. The molecule has 2 unspecified atom stereocenters. The number of benzene rings is 2. The molecule has 3 nitrogen and oxygen atoms in total. The van der Waals surface area contributed by atoms with Crippen molar-refractivity contribution in [3.05, 3.63) is 72.4 Å². The molecule has 0 aromatic heterocycles. The van der Waals surface area contributed by atoms with Gasteiger partial charge in [-0.15, -0.1) is 0 Å². The molecule has 0 aliphatic heterocycles. The summed E-state index contributed by atoms with van der Waals surface area (Å²) in [6, 6.07) is 20.9. The van der Waals surface area contributed by atoms with E-state index < -0.39 is 0 Å². The maximum absolute atomic E-state index is 6.75. The fourth-order valence-electron chi connectivity index (χ4n) is 7.68. The minimum Gasteiger partial charge on any atom is -0.369 e. The van der Waals surface area contributed by atoms with Crippen molar-refractivity contribution in [1.82, 2.24) is 0 Å². The number of rotatable bonds is 4. The van der Waals surface area contributed by atoms with Gasteiger partial charge in [-0.1, -0.05) is 62.4 Å². The Bertz CT molecular complexity index is 944. The number of aliphatic imine (C=N–C) groups is 1. The van der Waals surface area contributed by atoms with Crippen LogP contribution in [0.25, 0.3) is 6.08 Å². The van der Waals surface area contributed by atoms with Crippen LogP contribution in [0.3, 0.4) is 0 Å². The van der Waals surface area contributed by atoms with Crippen LogP contribution in [-0.4, -0.2) is 11.5 Å². The standard InChI is InChI=1S/C27H33N3/c1-25-15-22-16-26(2,18-25)20-27(17-22,19-25)30(23-11-7-4-8-12-23)24(28)29-14-13-21-9-5-3-6-10-21/h3-14,22H,15-20H2,1-2H3,(H2,28,29)/b14-13+. The average Bonchev–Trinajstić information content (AvgIpc) is 2.67. The van der Waals surface area contributed by atoms with Crippen LogP contribution in [0.2, 0.25) is 0 Å². The van der Waals surface area contributed by atoms with Gasteiger partial charge >= 0.3 is 0 Å². The molecular weight excluding hydrogens is 366 g/mol. The highest BCUT2D eigenvalue weighted by Crippen LogP contribution is 2.68. The summed E-state index contributed by atoms with van der Waals surface area (Å²) < 4.78 is 0. The topological polar surface area (TPSA) is 41.6 Å². The smallest absolute Gasteiger partial charge is 0.200 e. The van der Waals surface area contributed by atoms with E-state index in [0.29, 0.717) is 16.8 Å². The third-order valence-electron chi connectivity index (χ3n) is 7.59. The normalized spacial score (nSPS) is 35.1. The third kappa shape index (κ3) is 3.45. The van der Waals surface area contributed by atoms with Gasteiger partial charge in [-0.25, -0.2) is 4.99 Å². The van der Waals surface area contributed by atoms with Crippen molar-refractivity contribution in [1.29, 1.82) is 0 Å². The first-order chi connectivity index (χ1) is 14.4. The van der Waals surface area contributed by atoms with Gasteiger partial charge in [0.25, 0.3) is 0 Å². The largest absolute Gasteiger partial charge is 0.369 e. The van der Waals surface area contributed by atoms with E-state index in [-0.39, 0.29) is 5.54 Å². The lowest BCUT2D eigenvalue weighted by Gasteiger charge is -2.67. The second-order valence-electron chi connectivity index (χ2n) is 10.7. The van der Waals surface area contributed by atoms with Crippen molar-refractivity contribution in [2.24, 2.45) is 27.5 Å². The first kappa shape index (κ1) is 19.4. The highest BCUT2D eigenvalue weighted by molar-refractivity contribution is 5.97. The summed E-state index contributed by atoms with van der Waals surface area (Å²) in [4.78, 5) is 7.13. The number of para-hydroxylation sites is 1. The molecule has 2 atom stereocenters. The van der Waals surface area contributed by atoms with E-state index in [9.17, 15) is 0 Å². The minimum absolute atomic E-state index is 0.0679. The van der Waals surface area contributed by atoms with E-state index in [1.807, 2.05) is 30.5 Å². The predicted octanol–water partition coefficient (Wildman–Crippen LogP) is 6.23. The molecule has 2 aromatic rings. The van der Waals surface area contributed by atoms with Gasteiger partial charge in [-0.05, 0) is 79.0 Å². The SMILES string of the molecule is CC12CC3CC(C)(C1)CC(N(C(N)=N/C=C/c1ccccc1)c1ccccc1)(C3)C2. The molecule has 0 saturated heterocycles. The molecule has 4 fully saturated rings. The Balaban J connectivity index is 1.53. The molecule has 30 heavy (non-hydrogen) atoms. The Morgan fingerprint density at radius 1 is 0.900 bits per heavy atom. The number of hydrogen-bond donors (Lipinski definition) is 1. The van der Waals surface area contributed by atoms with Gasteiger partial charge in [-0.3, -0.25) is 0 Å². The lowest BCUT2D eigenvalue weighted by molar-refractivity contribution is -0.103. The maximum Gasteiger partial charge on any atom is 0.200 e. The van der Waals surface area contributed by atoms with Gasteiger partial charge in [-0.2, -0.15) is 0 Å². The summed E-state index contributed by atoms with van der Waals surface area (Å²) in [5.41, 5.74) is 9.95. The van der Waals surface area contributed by atoms with Crippen LogP contribution in [-0.2, 0) is 0 Å². The molecule has 4 aliphatic rings. The minimum atomic E-state index is 0.0679. The summed E-state index contributed by atoms with van der Waals surface area (Å²) >= 11 is 0. The van der Waals surface area contributed by atoms with Gasteiger partial charge in [0, 0.05) is 17.4 Å². The van der Waals surface area contributed by atoms with Crippen LogP contribution >= 0.6 is 0 Å². The quantitative estimate of drug-likeness (QED) is 0.489. The Morgan fingerprint density at radius 3 is 2.10 bits per heavy atom. The van der Waals surface area contributed by atoms with Crippen LogP contribution in [0.4, 0.5) is 5.69 Å². The monoisotopic (exact) mass is 399 g/mol. The van der Waals surface area contributed by atoms with Crippen LogP contribution in [0.15, 0.2) is 71.9 Å². The highest BCUT2D eigenvalue weighted by atomic mass is 15.3. The van der Waals surface area contributed by atoms with Crippen molar-refractivity contribution in [2.45, 2.75) is 57.9 Å². The van der Waals surface area contributed by atoms with Crippen molar-refractivity contribution >= 4 is 17.7 Å². The van der Waals surface area contributed by atoms with Gasteiger partial charge in [0.15, 0.2) is 0 Å². The van der Waals surface area contributed by atoms with Crippen molar-refractivity contribution < 1.29 is 0 Å². The molecule has 2 N–H and O–H groups in total. The van der Waals surface area contributed by atoms with E-state index in [1.165, 1.54) is 44.2 Å². The van der Waals surface area contributed by atoms with Gasteiger partial charge in [0.1, 0.15) is 0 Å². The first-order valence-corrected chi connectivity index (χ1v) is 11.3. The Morgan fingerprint density at radius 2 is 1.50 bits per heavy atom. The fourth-order valence-corrected chi connectivity index (χ4v) is 7.68. The Kier molecular flexibility index (Phi) is 4.53. The second kappa shape index (κ2) is 7.01. The zero-order chi connectivity index (χ0) is 20.8. The zero-order valence-electron chi connectivity index (χ0n) is 18.2. The number of nitrogens with two attached hydrogens (primary N) is 1. The zero-order valence-corrected chi connectivity index (χ0v) is 18.2. The molecule has 6 rings (SSSR count). The maximum atomic E-state index is 6.75. The number of nitrogens with zero attached hydrogens (tertiary/aromatic N) is 2. The van der Waals surface area contributed by atoms with E-state index in [0.717, 1.165) is 11.5 Å². The van der Waals surface area contributed by atoms with Crippen molar-refractivity contribution in [3.8, 4) is 0 Å². The van der Waals surface area contributed by atoms with Crippen LogP contribution in [0.1, 0.15) is 57.9 Å². The highest BCUT2D eigenvalue weighted by Gasteiger charge is 2.62. The van der Waals surface area contributed by atoms with Crippen molar-refractivity contribution in [2.75, 3.05) is 4.90 Å². The molecular formula is C27H33N3. The number of guanidine groups is 1. The Hall–Kier alpha value is -2.55. The summed E-state index contributed by atoms with van der Waals surface area (Å²) in [6.45, 7) is 5.02. The molecule has 0 radical (unpaired) electrons. The van der Waals surface area contributed by atoms with Gasteiger partial charge in [0.05, 0.1) is 0 Å². The molecule has 2 aromatic carbocycles. The molecule has 0 spiro atoms.